The van der Waals surface area contributed by atoms with Crippen LogP contribution in [0.3, 0.4) is 0 Å². The van der Waals surface area contributed by atoms with Gasteiger partial charge in [-0.3, -0.25) is 0 Å². The van der Waals surface area contributed by atoms with Crippen molar-refractivity contribution < 1.29 is 9.47 Å². The lowest BCUT2D eigenvalue weighted by Gasteiger charge is -2.08. The Labute approximate surface area is 89.4 Å². The second-order valence-electron chi connectivity index (χ2n) is 3.83. The molecule has 0 spiro atoms. The van der Waals surface area contributed by atoms with E-state index in [1.54, 1.807) is 19.2 Å². The zero-order valence-electron chi connectivity index (χ0n) is 8.90. The summed E-state index contributed by atoms with van der Waals surface area (Å²) in [6.07, 6.45) is 3.77. The highest BCUT2D eigenvalue weighted by atomic mass is 16.5. The zero-order chi connectivity index (χ0) is 10.7. The number of nitrogens with two attached hydrogens (primary N) is 1. The van der Waals surface area contributed by atoms with Gasteiger partial charge in [-0.1, -0.05) is 12.8 Å². The average Bonchev–Trinajstić information content (AvgIpc) is 3.05. The van der Waals surface area contributed by atoms with Gasteiger partial charge in [-0.05, 0) is 18.4 Å². The van der Waals surface area contributed by atoms with E-state index >= 15 is 0 Å². The monoisotopic (exact) mass is 208 g/mol. The van der Waals surface area contributed by atoms with Gasteiger partial charge in [-0.2, -0.15) is 4.98 Å². The molecule has 0 aromatic carbocycles. The van der Waals surface area contributed by atoms with Crippen molar-refractivity contribution in [2.75, 3.05) is 19.5 Å². The van der Waals surface area contributed by atoms with Gasteiger partial charge in [0, 0.05) is 6.07 Å². The number of nitrogen functional groups attached to an aromatic ring is 1. The molecule has 1 fully saturated rings. The van der Waals surface area contributed by atoms with Crippen LogP contribution in [0.5, 0.6) is 11.8 Å². The van der Waals surface area contributed by atoms with E-state index < -0.39 is 0 Å². The molecule has 0 amide bonds. The first-order chi connectivity index (χ1) is 7.29. The normalized spacial score (nSPS) is 15.0. The molecule has 4 heteroatoms. The van der Waals surface area contributed by atoms with Crippen molar-refractivity contribution in [1.82, 2.24) is 4.98 Å². The van der Waals surface area contributed by atoms with Crippen molar-refractivity contribution in [2.45, 2.75) is 19.3 Å². The Kier molecular flexibility index (Phi) is 2.94. The molecule has 0 saturated heterocycles. The van der Waals surface area contributed by atoms with Gasteiger partial charge in [0.1, 0.15) is 0 Å². The summed E-state index contributed by atoms with van der Waals surface area (Å²) >= 11 is 0. The fourth-order valence-electron chi connectivity index (χ4n) is 1.39. The van der Waals surface area contributed by atoms with Crippen molar-refractivity contribution in [2.24, 2.45) is 5.92 Å². The van der Waals surface area contributed by atoms with Crippen LogP contribution in [0.4, 0.5) is 5.69 Å². The highest BCUT2D eigenvalue weighted by molar-refractivity contribution is 5.49. The molecule has 0 atom stereocenters. The SMILES string of the molecule is COc1ccc(N)c(OCCC2CC2)n1. The van der Waals surface area contributed by atoms with E-state index in [4.69, 9.17) is 15.2 Å². The van der Waals surface area contributed by atoms with Gasteiger partial charge in [0.05, 0.1) is 19.4 Å². The van der Waals surface area contributed by atoms with E-state index in [0.29, 0.717) is 24.1 Å². The summed E-state index contributed by atoms with van der Waals surface area (Å²) in [7, 11) is 1.58. The number of nitrogens with zero attached hydrogens (tertiary/aromatic N) is 1. The number of ether oxygens (including phenoxy) is 2. The van der Waals surface area contributed by atoms with Gasteiger partial charge in [-0.15, -0.1) is 0 Å². The van der Waals surface area contributed by atoms with Crippen molar-refractivity contribution >= 4 is 5.69 Å². The maximum atomic E-state index is 5.73. The number of hydrogen-bond acceptors (Lipinski definition) is 4. The smallest absolute Gasteiger partial charge is 0.240 e. The van der Waals surface area contributed by atoms with Gasteiger partial charge in [0.25, 0.3) is 0 Å². The molecule has 1 aliphatic rings. The summed E-state index contributed by atoms with van der Waals surface area (Å²) in [6.45, 7) is 0.690. The van der Waals surface area contributed by atoms with Gasteiger partial charge in [0.15, 0.2) is 0 Å². The molecular weight excluding hydrogens is 192 g/mol. The Morgan fingerprint density at radius 1 is 1.47 bits per heavy atom. The summed E-state index contributed by atoms with van der Waals surface area (Å²) < 4.78 is 10.5. The summed E-state index contributed by atoms with van der Waals surface area (Å²) in [4.78, 5) is 4.14. The zero-order valence-corrected chi connectivity index (χ0v) is 8.90. The third kappa shape index (κ3) is 2.75. The fourth-order valence-corrected chi connectivity index (χ4v) is 1.39. The van der Waals surface area contributed by atoms with Gasteiger partial charge in [-0.25, -0.2) is 0 Å². The number of anilines is 1. The Morgan fingerprint density at radius 3 is 2.93 bits per heavy atom. The van der Waals surface area contributed by atoms with Crippen molar-refractivity contribution in [3.8, 4) is 11.8 Å². The van der Waals surface area contributed by atoms with E-state index in [1.807, 2.05) is 0 Å². The predicted octanol–water partition coefficient (Wildman–Crippen LogP) is 1.85. The van der Waals surface area contributed by atoms with Gasteiger partial charge < -0.3 is 15.2 Å². The highest BCUT2D eigenvalue weighted by Gasteiger charge is 2.21. The molecule has 82 valence electrons. The first-order valence-electron chi connectivity index (χ1n) is 5.23. The molecule has 1 heterocycles. The molecule has 0 unspecified atom stereocenters. The lowest BCUT2D eigenvalue weighted by Crippen LogP contribution is -2.03. The standard InChI is InChI=1S/C11H16N2O2/c1-14-10-5-4-9(12)11(13-10)15-7-6-8-2-3-8/h4-5,8H,2-3,6-7,12H2,1H3. The van der Waals surface area contributed by atoms with E-state index in [2.05, 4.69) is 4.98 Å². The fraction of sp³-hybridized carbons (Fsp3) is 0.545. The van der Waals surface area contributed by atoms with Crippen LogP contribution in [-0.2, 0) is 0 Å². The van der Waals surface area contributed by atoms with E-state index in [-0.39, 0.29) is 0 Å². The minimum atomic E-state index is 0.481. The molecule has 0 radical (unpaired) electrons. The number of aromatic nitrogens is 1. The van der Waals surface area contributed by atoms with Crippen LogP contribution in [0.2, 0.25) is 0 Å². The third-order valence-corrected chi connectivity index (χ3v) is 2.54. The third-order valence-electron chi connectivity index (χ3n) is 2.54. The van der Waals surface area contributed by atoms with Crippen LogP contribution >= 0.6 is 0 Å². The summed E-state index contributed by atoms with van der Waals surface area (Å²) in [5.74, 6) is 1.87. The maximum absolute atomic E-state index is 5.73. The van der Waals surface area contributed by atoms with Crippen molar-refractivity contribution in [3.63, 3.8) is 0 Å². The number of pyridine rings is 1. The molecular formula is C11H16N2O2. The van der Waals surface area contributed by atoms with E-state index in [0.717, 1.165) is 12.3 Å². The number of methoxy groups -OCH3 is 1. The van der Waals surface area contributed by atoms with E-state index in [9.17, 15) is 0 Å². The highest BCUT2D eigenvalue weighted by Crippen LogP contribution is 2.32. The van der Waals surface area contributed by atoms with Crippen LogP contribution in [0.25, 0.3) is 0 Å². The second-order valence-corrected chi connectivity index (χ2v) is 3.83. The molecule has 1 aliphatic carbocycles. The Hall–Kier alpha value is -1.45. The van der Waals surface area contributed by atoms with Crippen LogP contribution < -0.4 is 15.2 Å². The van der Waals surface area contributed by atoms with Gasteiger partial charge in [0.2, 0.25) is 11.8 Å². The molecule has 15 heavy (non-hydrogen) atoms. The molecule has 1 aromatic rings. The van der Waals surface area contributed by atoms with Crippen molar-refractivity contribution in [3.05, 3.63) is 12.1 Å². The minimum Gasteiger partial charge on any atom is -0.481 e. The Morgan fingerprint density at radius 2 is 2.27 bits per heavy atom. The largest absolute Gasteiger partial charge is 0.481 e. The average molecular weight is 208 g/mol. The summed E-state index contributed by atoms with van der Waals surface area (Å²) in [6, 6.07) is 3.47. The lowest BCUT2D eigenvalue weighted by atomic mass is 10.3. The predicted molar refractivity (Wildman–Crippen MR) is 58.0 cm³/mol. The van der Waals surface area contributed by atoms with Crippen LogP contribution in [-0.4, -0.2) is 18.7 Å². The van der Waals surface area contributed by atoms with Crippen molar-refractivity contribution in [1.29, 1.82) is 0 Å². The molecule has 0 aliphatic heterocycles. The topological polar surface area (TPSA) is 57.4 Å². The molecule has 2 N–H and O–H groups in total. The molecule has 1 saturated carbocycles. The van der Waals surface area contributed by atoms with Crippen LogP contribution in [0.1, 0.15) is 19.3 Å². The molecule has 4 nitrogen and oxygen atoms in total. The number of rotatable bonds is 5. The van der Waals surface area contributed by atoms with Gasteiger partial charge >= 0.3 is 0 Å². The molecule has 0 bridgehead atoms. The Balaban J connectivity index is 1.92. The number of hydrogen-bond donors (Lipinski definition) is 1. The molecule has 2 rings (SSSR count). The second kappa shape index (κ2) is 4.38. The maximum Gasteiger partial charge on any atom is 0.240 e. The van der Waals surface area contributed by atoms with E-state index in [1.165, 1.54) is 12.8 Å². The van der Waals surface area contributed by atoms with Crippen LogP contribution in [0.15, 0.2) is 12.1 Å². The summed E-state index contributed by atoms with van der Waals surface area (Å²) in [5.41, 5.74) is 6.30. The summed E-state index contributed by atoms with van der Waals surface area (Å²) in [5, 5.41) is 0. The van der Waals surface area contributed by atoms with Crippen LogP contribution in [0, 0.1) is 5.92 Å². The quantitative estimate of drug-likeness (QED) is 0.802. The molecule has 1 aromatic heterocycles. The minimum absolute atomic E-state index is 0.481. The first kappa shape index (κ1) is 10.1. The Bertz CT molecular complexity index is 337. The first-order valence-corrected chi connectivity index (χ1v) is 5.23. The lowest BCUT2D eigenvalue weighted by molar-refractivity contribution is 0.287.